The van der Waals surface area contributed by atoms with E-state index in [9.17, 15) is 19.5 Å². The van der Waals surface area contributed by atoms with Gasteiger partial charge in [0, 0.05) is 14.1 Å². The normalized spacial score (nSPS) is 11.6. The summed E-state index contributed by atoms with van der Waals surface area (Å²) in [7, 11) is 3.14. The standard InChI is InChI=1S/C22H25N5O4/c1-4-15(13-9-6-5-7-10-13)23-17-18(21(30)26-25-20(17)29)24-16-12-8-11-14(19(16)28)22(31)27(2)3/h5-12,15,28H,4H2,1-3H3,(H2,23,26,30)(H2,24,25,29). The molecule has 0 saturated carbocycles. The lowest BCUT2D eigenvalue weighted by Gasteiger charge is -2.20. The number of nitrogens with one attached hydrogen (secondary N) is 4. The number of aromatic amines is 2. The second kappa shape index (κ2) is 9.21. The minimum absolute atomic E-state index is 0.0307. The predicted octanol–water partition coefficient (Wildman–Crippen LogP) is 2.78. The number of carbonyl (C=O) groups is 1. The van der Waals surface area contributed by atoms with Gasteiger partial charge in [0.1, 0.15) is 11.4 Å². The van der Waals surface area contributed by atoms with Gasteiger partial charge in [-0.25, -0.2) is 0 Å². The van der Waals surface area contributed by atoms with Gasteiger partial charge in [0.25, 0.3) is 17.0 Å². The Morgan fingerprint density at radius 1 is 1.00 bits per heavy atom. The third-order valence-corrected chi connectivity index (χ3v) is 4.85. The molecule has 2 aromatic carbocycles. The highest BCUT2D eigenvalue weighted by Crippen LogP contribution is 2.32. The highest BCUT2D eigenvalue weighted by Gasteiger charge is 2.20. The molecule has 1 atom stereocenters. The van der Waals surface area contributed by atoms with Gasteiger partial charge in [-0.1, -0.05) is 43.3 Å². The monoisotopic (exact) mass is 423 g/mol. The maximum absolute atomic E-state index is 12.6. The van der Waals surface area contributed by atoms with Crippen molar-refractivity contribution in [3.63, 3.8) is 0 Å². The Kier molecular flexibility index (Phi) is 6.44. The maximum atomic E-state index is 12.6. The van der Waals surface area contributed by atoms with E-state index in [1.807, 2.05) is 37.3 Å². The first-order valence-corrected chi connectivity index (χ1v) is 9.80. The third-order valence-electron chi connectivity index (χ3n) is 4.85. The SMILES string of the molecule is CCC(Nc1c(Nc2cccc(C(=O)N(C)C)c2O)c(=O)[nH][nH]c1=O)c1ccccc1. The smallest absolute Gasteiger partial charge is 0.288 e. The summed E-state index contributed by atoms with van der Waals surface area (Å²) in [6.07, 6.45) is 0.660. The summed E-state index contributed by atoms with van der Waals surface area (Å²) < 4.78 is 0. The molecule has 162 valence electrons. The second-order valence-electron chi connectivity index (χ2n) is 7.20. The van der Waals surface area contributed by atoms with Gasteiger partial charge in [0.05, 0.1) is 17.3 Å². The molecule has 0 aliphatic rings. The fourth-order valence-electron chi connectivity index (χ4n) is 3.20. The van der Waals surface area contributed by atoms with Gasteiger partial charge in [-0.2, -0.15) is 0 Å². The number of para-hydroxylation sites is 1. The van der Waals surface area contributed by atoms with Crippen molar-refractivity contribution in [2.75, 3.05) is 24.7 Å². The topological polar surface area (TPSA) is 130 Å². The van der Waals surface area contributed by atoms with Crippen LogP contribution in [0.15, 0.2) is 58.1 Å². The average Bonchev–Trinajstić information content (AvgIpc) is 2.77. The zero-order valence-electron chi connectivity index (χ0n) is 17.5. The van der Waals surface area contributed by atoms with Crippen LogP contribution in [0.5, 0.6) is 5.75 Å². The first-order valence-electron chi connectivity index (χ1n) is 9.80. The summed E-state index contributed by atoms with van der Waals surface area (Å²) in [6, 6.07) is 13.9. The number of hydrogen-bond acceptors (Lipinski definition) is 6. The Morgan fingerprint density at radius 2 is 1.65 bits per heavy atom. The van der Waals surface area contributed by atoms with E-state index in [0.29, 0.717) is 6.42 Å². The van der Waals surface area contributed by atoms with Crippen LogP contribution in [0.2, 0.25) is 0 Å². The fourth-order valence-corrected chi connectivity index (χ4v) is 3.20. The number of nitrogens with zero attached hydrogens (tertiary/aromatic N) is 1. The molecule has 0 aliphatic carbocycles. The van der Waals surface area contributed by atoms with Crippen molar-refractivity contribution in [3.8, 4) is 5.75 Å². The number of carbonyl (C=O) groups excluding carboxylic acids is 1. The minimum Gasteiger partial charge on any atom is -0.505 e. The minimum atomic E-state index is -0.589. The Bertz CT molecular complexity index is 1180. The molecule has 3 aromatic rings. The molecular weight excluding hydrogens is 398 g/mol. The summed E-state index contributed by atoms with van der Waals surface area (Å²) in [5, 5.41) is 21.1. The lowest BCUT2D eigenvalue weighted by molar-refractivity contribution is 0.0824. The highest BCUT2D eigenvalue weighted by atomic mass is 16.3. The summed E-state index contributed by atoms with van der Waals surface area (Å²) in [5.74, 6) is -0.712. The first kappa shape index (κ1) is 21.7. The quantitative estimate of drug-likeness (QED) is 0.372. The number of aromatic nitrogens is 2. The fraction of sp³-hybridized carbons (Fsp3) is 0.227. The number of phenols is 1. The number of hydrogen-bond donors (Lipinski definition) is 5. The van der Waals surface area contributed by atoms with Gasteiger partial charge in [-0.3, -0.25) is 24.6 Å². The van der Waals surface area contributed by atoms with Crippen molar-refractivity contribution >= 4 is 23.0 Å². The van der Waals surface area contributed by atoms with E-state index in [2.05, 4.69) is 20.8 Å². The number of phenolic OH excluding ortho intramolecular Hbond substituents is 1. The van der Waals surface area contributed by atoms with Crippen molar-refractivity contribution in [2.45, 2.75) is 19.4 Å². The van der Waals surface area contributed by atoms with Crippen molar-refractivity contribution in [2.24, 2.45) is 0 Å². The van der Waals surface area contributed by atoms with Gasteiger partial charge >= 0.3 is 0 Å². The lowest BCUT2D eigenvalue weighted by Crippen LogP contribution is -2.27. The molecule has 1 amide bonds. The summed E-state index contributed by atoms with van der Waals surface area (Å²) in [6.45, 7) is 1.96. The van der Waals surface area contributed by atoms with Crippen LogP contribution in [-0.4, -0.2) is 40.2 Å². The van der Waals surface area contributed by atoms with Crippen LogP contribution >= 0.6 is 0 Å². The molecule has 1 aromatic heterocycles. The molecule has 1 heterocycles. The van der Waals surface area contributed by atoms with Gasteiger partial charge in [0.2, 0.25) is 0 Å². The van der Waals surface area contributed by atoms with Crippen LogP contribution < -0.4 is 21.8 Å². The van der Waals surface area contributed by atoms with Crippen molar-refractivity contribution in [1.29, 1.82) is 0 Å². The molecular formula is C22H25N5O4. The van der Waals surface area contributed by atoms with Crippen molar-refractivity contribution < 1.29 is 9.90 Å². The predicted molar refractivity (Wildman–Crippen MR) is 120 cm³/mol. The van der Waals surface area contributed by atoms with Crippen molar-refractivity contribution in [1.82, 2.24) is 15.1 Å². The Morgan fingerprint density at radius 3 is 2.26 bits per heavy atom. The molecule has 9 heteroatoms. The second-order valence-corrected chi connectivity index (χ2v) is 7.20. The Balaban J connectivity index is 2.03. The zero-order chi connectivity index (χ0) is 22.5. The molecule has 1 unspecified atom stereocenters. The third kappa shape index (κ3) is 4.61. The van der Waals surface area contributed by atoms with Crippen LogP contribution in [-0.2, 0) is 0 Å². The van der Waals surface area contributed by atoms with E-state index in [-0.39, 0.29) is 34.4 Å². The van der Waals surface area contributed by atoms with E-state index in [4.69, 9.17) is 0 Å². The summed E-state index contributed by atoms with van der Waals surface area (Å²) in [4.78, 5) is 38.8. The van der Waals surface area contributed by atoms with Crippen LogP contribution in [0.4, 0.5) is 17.1 Å². The van der Waals surface area contributed by atoms with E-state index in [1.54, 1.807) is 20.2 Å². The molecule has 0 saturated heterocycles. The Labute approximate surface area is 178 Å². The summed E-state index contributed by atoms with van der Waals surface area (Å²) in [5.41, 5.74) is -0.00510. The van der Waals surface area contributed by atoms with E-state index in [1.165, 1.54) is 17.0 Å². The Hall–Kier alpha value is -4.01. The van der Waals surface area contributed by atoms with Gasteiger partial charge in [0.15, 0.2) is 5.75 Å². The van der Waals surface area contributed by atoms with Gasteiger partial charge < -0.3 is 20.6 Å². The van der Waals surface area contributed by atoms with E-state index < -0.39 is 17.0 Å². The number of amides is 1. The van der Waals surface area contributed by atoms with Crippen LogP contribution in [0.3, 0.4) is 0 Å². The number of aromatic hydroxyl groups is 1. The molecule has 0 radical (unpaired) electrons. The first-order chi connectivity index (χ1) is 14.8. The average molecular weight is 423 g/mol. The van der Waals surface area contributed by atoms with E-state index in [0.717, 1.165) is 5.56 Å². The van der Waals surface area contributed by atoms with Crippen molar-refractivity contribution in [3.05, 3.63) is 80.4 Å². The number of anilines is 3. The van der Waals surface area contributed by atoms with Crippen LogP contribution in [0.25, 0.3) is 0 Å². The molecule has 0 aliphatic heterocycles. The molecule has 3 rings (SSSR count). The number of H-pyrrole nitrogens is 2. The zero-order valence-corrected chi connectivity index (χ0v) is 17.5. The molecule has 0 spiro atoms. The molecule has 0 fully saturated rings. The largest absolute Gasteiger partial charge is 0.505 e. The van der Waals surface area contributed by atoms with E-state index >= 15 is 0 Å². The van der Waals surface area contributed by atoms with Crippen LogP contribution in [0.1, 0.15) is 35.3 Å². The molecule has 9 nitrogen and oxygen atoms in total. The molecule has 0 bridgehead atoms. The van der Waals surface area contributed by atoms with Crippen LogP contribution in [0, 0.1) is 0 Å². The maximum Gasteiger partial charge on any atom is 0.288 e. The van der Waals surface area contributed by atoms with Gasteiger partial charge in [-0.15, -0.1) is 0 Å². The number of benzene rings is 2. The molecule has 31 heavy (non-hydrogen) atoms. The number of rotatable bonds is 7. The molecule has 5 N–H and O–H groups in total. The lowest BCUT2D eigenvalue weighted by atomic mass is 10.0. The highest BCUT2D eigenvalue weighted by molar-refractivity contribution is 5.98. The van der Waals surface area contributed by atoms with Gasteiger partial charge in [-0.05, 0) is 24.1 Å². The summed E-state index contributed by atoms with van der Waals surface area (Å²) >= 11 is 0.